The number of hydrogen-bond donors (Lipinski definition) is 3. The summed E-state index contributed by atoms with van der Waals surface area (Å²) in [4.78, 5) is 54.8. The molecule has 0 fully saturated rings. The van der Waals surface area contributed by atoms with Crippen LogP contribution in [0.15, 0.2) is 97.1 Å². The van der Waals surface area contributed by atoms with Crippen LogP contribution in [0.4, 0.5) is 4.79 Å². The van der Waals surface area contributed by atoms with Crippen molar-refractivity contribution in [2.24, 2.45) is 5.92 Å². The molecule has 0 bridgehead atoms. The highest BCUT2D eigenvalue weighted by molar-refractivity contribution is 5.86. The average Bonchev–Trinajstić information content (AvgIpc) is 3.10. The molecular weight excluding hydrogens is 598 g/mol. The minimum absolute atomic E-state index is 0.0465. The van der Waals surface area contributed by atoms with Gasteiger partial charge in [-0.3, -0.25) is 9.59 Å². The molecule has 0 aliphatic carbocycles. The molecule has 0 spiro atoms. The maximum atomic E-state index is 13.7. The van der Waals surface area contributed by atoms with Gasteiger partial charge < -0.3 is 30.1 Å². The molecule has 10 nitrogen and oxygen atoms in total. The van der Waals surface area contributed by atoms with Gasteiger partial charge in [0.1, 0.15) is 19.3 Å². The summed E-state index contributed by atoms with van der Waals surface area (Å²) < 4.78 is 11.0. The van der Waals surface area contributed by atoms with Crippen LogP contribution in [0, 0.1) is 5.92 Å². The van der Waals surface area contributed by atoms with E-state index in [4.69, 9.17) is 9.47 Å². The predicted octanol–water partition coefficient (Wildman–Crippen LogP) is 3.85. The number of benzene rings is 3. The molecule has 2 heterocycles. The van der Waals surface area contributed by atoms with Crippen molar-refractivity contribution in [2.75, 3.05) is 13.2 Å². The Morgan fingerprint density at radius 3 is 2.28 bits per heavy atom. The van der Waals surface area contributed by atoms with Crippen LogP contribution in [0.25, 0.3) is 0 Å². The van der Waals surface area contributed by atoms with E-state index in [0.717, 1.165) is 22.3 Å². The Morgan fingerprint density at radius 1 is 0.894 bits per heavy atom. The van der Waals surface area contributed by atoms with Crippen molar-refractivity contribution < 1.29 is 33.8 Å². The van der Waals surface area contributed by atoms with Gasteiger partial charge in [-0.2, -0.15) is 0 Å². The molecule has 0 saturated heterocycles. The van der Waals surface area contributed by atoms with Crippen molar-refractivity contribution in [3.8, 4) is 0 Å². The van der Waals surface area contributed by atoms with Crippen LogP contribution in [-0.2, 0) is 49.9 Å². The van der Waals surface area contributed by atoms with Gasteiger partial charge in [-0.1, -0.05) is 97.1 Å². The van der Waals surface area contributed by atoms with E-state index < -0.39 is 30.1 Å². The molecule has 3 amide bonds. The predicted molar refractivity (Wildman–Crippen MR) is 175 cm³/mol. The second-order valence-corrected chi connectivity index (χ2v) is 12.0. The van der Waals surface area contributed by atoms with Crippen LogP contribution in [0.2, 0.25) is 0 Å². The molecular formula is C37H41N3O7. The fraction of sp³-hybridized carbons (Fsp3) is 0.351. The third-order valence-corrected chi connectivity index (χ3v) is 8.52. The van der Waals surface area contributed by atoms with Crippen molar-refractivity contribution >= 4 is 23.9 Å². The molecule has 10 heteroatoms. The van der Waals surface area contributed by atoms with Gasteiger partial charge in [-0.15, -0.1) is 0 Å². The van der Waals surface area contributed by atoms with Crippen LogP contribution in [-0.4, -0.2) is 65.2 Å². The van der Waals surface area contributed by atoms with E-state index in [2.05, 4.69) is 10.6 Å². The smallest absolute Gasteiger partial charge is 0.408 e. The third kappa shape index (κ3) is 9.52. The Kier molecular flexibility index (Phi) is 11.8. The van der Waals surface area contributed by atoms with E-state index in [-0.39, 0.29) is 56.9 Å². The second kappa shape index (κ2) is 16.6. The lowest BCUT2D eigenvalue weighted by Gasteiger charge is -2.36. The van der Waals surface area contributed by atoms with Crippen LogP contribution in [0.1, 0.15) is 41.5 Å². The number of aliphatic hydroxyl groups excluding tert-OH is 1. The number of alkyl carbamates (subject to hydrolysis) is 1. The highest BCUT2D eigenvalue weighted by Gasteiger charge is 2.33. The zero-order chi connectivity index (χ0) is 33.0. The van der Waals surface area contributed by atoms with Crippen molar-refractivity contribution in [1.29, 1.82) is 0 Å². The Labute approximate surface area is 274 Å². The maximum absolute atomic E-state index is 13.7. The molecule has 0 radical (unpaired) electrons. The fourth-order valence-electron chi connectivity index (χ4n) is 5.92. The minimum atomic E-state index is -1.01. The molecule has 0 unspecified atom stereocenters. The molecule has 47 heavy (non-hydrogen) atoms. The first-order valence-corrected chi connectivity index (χ1v) is 16.0. The first kappa shape index (κ1) is 33.4. The van der Waals surface area contributed by atoms with E-state index in [9.17, 15) is 24.3 Å². The van der Waals surface area contributed by atoms with Gasteiger partial charge in [0.2, 0.25) is 11.8 Å². The minimum Gasteiger partial charge on any atom is -0.462 e. The number of aliphatic hydroxyl groups is 1. The molecule has 3 N–H and O–H groups in total. The Morgan fingerprint density at radius 2 is 1.55 bits per heavy atom. The summed E-state index contributed by atoms with van der Waals surface area (Å²) in [6.45, 7) is 0.107. The zero-order valence-electron chi connectivity index (χ0n) is 26.3. The number of allylic oxidation sites excluding steroid dienone is 1. The number of cyclic esters (lactones) is 1. The maximum Gasteiger partial charge on any atom is 0.408 e. The number of hydrogen-bond acceptors (Lipinski definition) is 7. The van der Waals surface area contributed by atoms with E-state index in [0.29, 0.717) is 19.4 Å². The van der Waals surface area contributed by atoms with Crippen LogP contribution >= 0.6 is 0 Å². The van der Waals surface area contributed by atoms with Crippen LogP contribution in [0.5, 0.6) is 0 Å². The van der Waals surface area contributed by atoms with Crippen molar-refractivity contribution in [3.63, 3.8) is 0 Å². The third-order valence-electron chi connectivity index (χ3n) is 8.52. The molecule has 0 saturated carbocycles. The molecule has 3 aromatic rings. The van der Waals surface area contributed by atoms with Gasteiger partial charge in [0, 0.05) is 13.0 Å². The highest BCUT2D eigenvalue weighted by atomic mass is 16.6. The molecule has 2 aliphatic heterocycles. The lowest BCUT2D eigenvalue weighted by atomic mass is 9.92. The lowest BCUT2D eigenvalue weighted by Crippen LogP contribution is -2.49. The standard InChI is InChI=1S/C37H41N3O7/c41-23-32-20-28-15-7-8-17-30(28)22-40(32)34(42)21-29-16-9-10-18-33(39-37(45)47-24-27-13-5-2-6-14-27)36(44)46-25-31(38-35(29)43)19-26-11-3-1-4-12-26/h1-15,17,29,31-33,41H,16,18-25H2,(H,38,43)(H,39,45)/t29-,31-,32+,33-/m1/s1. The number of carbonyl (C=O) groups is 4. The molecule has 0 aromatic heterocycles. The fourth-order valence-corrected chi connectivity index (χ4v) is 5.92. The summed E-state index contributed by atoms with van der Waals surface area (Å²) in [6.07, 6.45) is 3.92. The Hall–Kier alpha value is -4.96. The lowest BCUT2D eigenvalue weighted by molar-refractivity contribution is -0.147. The molecule has 246 valence electrons. The molecule has 4 atom stereocenters. The van der Waals surface area contributed by atoms with Gasteiger partial charge in [0.15, 0.2) is 0 Å². The van der Waals surface area contributed by atoms with Crippen LogP contribution < -0.4 is 10.6 Å². The highest BCUT2D eigenvalue weighted by Crippen LogP contribution is 2.25. The second-order valence-electron chi connectivity index (χ2n) is 12.0. The van der Waals surface area contributed by atoms with Crippen molar-refractivity contribution in [1.82, 2.24) is 15.5 Å². The Bertz CT molecular complexity index is 1550. The number of ether oxygens (including phenoxy) is 2. The number of carbonyl (C=O) groups excluding carboxylic acids is 4. The van der Waals surface area contributed by atoms with Gasteiger partial charge >= 0.3 is 12.1 Å². The largest absolute Gasteiger partial charge is 0.462 e. The van der Waals surface area contributed by atoms with E-state index in [1.807, 2.05) is 84.9 Å². The van der Waals surface area contributed by atoms with E-state index >= 15 is 0 Å². The summed E-state index contributed by atoms with van der Waals surface area (Å²) in [6, 6.07) is 24.6. The number of esters is 1. The number of amides is 3. The first-order valence-electron chi connectivity index (χ1n) is 16.0. The average molecular weight is 640 g/mol. The normalized spacial score (nSPS) is 21.7. The SMILES string of the molecule is O=C(N[C@@H]1CC=CC[C@H](CC(=O)N2Cc3ccccc3C[C@H]2CO)C(=O)N[C@H](Cc2ccccc2)COC1=O)OCc1ccccc1. The summed E-state index contributed by atoms with van der Waals surface area (Å²) in [5, 5.41) is 15.7. The first-order chi connectivity index (χ1) is 22.9. The van der Waals surface area contributed by atoms with Gasteiger partial charge in [0.05, 0.1) is 24.6 Å². The summed E-state index contributed by atoms with van der Waals surface area (Å²) in [5.74, 6) is -1.89. The van der Waals surface area contributed by atoms with Crippen LogP contribution in [0.3, 0.4) is 0 Å². The van der Waals surface area contributed by atoms with Crippen molar-refractivity contribution in [3.05, 3.63) is 119 Å². The topological polar surface area (TPSA) is 134 Å². The quantitative estimate of drug-likeness (QED) is 0.252. The summed E-state index contributed by atoms with van der Waals surface area (Å²) in [7, 11) is 0. The molecule has 3 aromatic carbocycles. The molecule has 5 rings (SSSR count). The number of nitrogens with zero attached hydrogens (tertiary/aromatic N) is 1. The Balaban J connectivity index is 1.30. The number of fused-ring (bicyclic) bond motifs is 1. The van der Waals surface area contributed by atoms with Gasteiger partial charge in [0.25, 0.3) is 0 Å². The zero-order valence-corrected chi connectivity index (χ0v) is 26.3. The molecule has 2 aliphatic rings. The van der Waals surface area contributed by atoms with E-state index in [1.165, 1.54) is 0 Å². The number of nitrogens with one attached hydrogen (secondary N) is 2. The van der Waals surface area contributed by atoms with E-state index in [1.54, 1.807) is 17.1 Å². The van der Waals surface area contributed by atoms with Gasteiger partial charge in [-0.25, -0.2) is 9.59 Å². The van der Waals surface area contributed by atoms with Gasteiger partial charge in [-0.05, 0) is 47.9 Å². The summed E-state index contributed by atoms with van der Waals surface area (Å²) >= 11 is 0. The number of rotatable bonds is 8. The monoisotopic (exact) mass is 639 g/mol. The summed E-state index contributed by atoms with van der Waals surface area (Å²) in [5.41, 5.74) is 3.88. The van der Waals surface area contributed by atoms with Crippen molar-refractivity contribution in [2.45, 2.75) is 63.4 Å².